The van der Waals surface area contributed by atoms with Crippen LogP contribution in [0.25, 0.3) is 0 Å². The van der Waals surface area contributed by atoms with Gasteiger partial charge in [-0.2, -0.15) is 0 Å². The van der Waals surface area contributed by atoms with E-state index in [0.717, 1.165) is 35.7 Å². The van der Waals surface area contributed by atoms with E-state index in [1.54, 1.807) is 0 Å². The highest BCUT2D eigenvalue weighted by molar-refractivity contribution is 5.94. The molecule has 1 saturated heterocycles. The Balaban J connectivity index is 0.00000272. The zero-order valence-electron chi connectivity index (χ0n) is 17.9. The third-order valence-corrected chi connectivity index (χ3v) is 6.53. The first-order valence-electron chi connectivity index (χ1n) is 10.7. The van der Waals surface area contributed by atoms with Crippen molar-refractivity contribution < 1.29 is 48.2 Å². The van der Waals surface area contributed by atoms with E-state index in [0.29, 0.717) is 36.7 Å². The first kappa shape index (κ1) is 24.0. The van der Waals surface area contributed by atoms with Gasteiger partial charge in [0.2, 0.25) is 5.91 Å². The van der Waals surface area contributed by atoms with Gasteiger partial charge in [-0.1, -0.05) is 36.4 Å². The molecule has 0 radical (unpaired) electrons. The molecule has 168 valence electrons. The molecule has 2 aromatic carbocycles. The number of aliphatic hydroxyl groups excluding tert-OH is 1. The Labute approximate surface area is 200 Å². The average molecular weight is 538 g/mol. The standard InChI is InChI=1S/C24H30N2O4.HI/c1-26(14-12-24(29,13-15-26)18-6-3-2-4-7-18)16-19(27)17-30-22-9-5-8-21-20(22)10-11-23(28)25-21;/h2-9,19,27,29H,10-17H2,1H3;1H. The third kappa shape index (κ3) is 5.58. The fourth-order valence-electron chi connectivity index (χ4n) is 4.64. The number of rotatable bonds is 6. The van der Waals surface area contributed by atoms with Crippen LogP contribution >= 0.6 is 0 Å². The van der Waals surface area contributed by atoms with Gasteiger partial charge in [0, 0.05) is 30.5 Å². The number of amides is 1. The van der Waals surface area contributed by atoms with Gasteiger partial charge in [-0.25, -0.2) is 0 Å². The monoisotopic (exact) mass is 538 g/mol. The Morgan fingerprint density at radius 3 is 2.52 bits per heavy atom. The zero-order valence-corrected chi connectivity index (χ0v) is 20.0. The summed E-state index contributed by atoms with van der Waals surface area (Å²) in [5, 5.41) is 24.6. The Morgan fingerprint density at radius 2 is 1.81 bits per heavy atom. The number of hydrogen-bond donors (Lipinski definition) is 3. The van der Waals surface area contributed by atoms with E-state index in [2.05, 4.69) is 12.4 Å². The lowest BCUT2D eigenvalue weighted by molar-refractivity contribution is -0.919. The summed E-state index contributed by atoms with van der Waals surface area (Å²) in [4.78, 5) is 11.6. The van der Waals surface area contributed by atoms with Gasteiger partial charge in [-0.15, -0.1) is 0 Å². The number of benzene rings is 2. The van der Waals surface area contributed by atoms with Crippen LogP contribution in [-0.4, -0.2) is 60.0 Å². The molecule has 0 spiro atoms. The molecule has 0 aromatic heterocycles. The van der Waals surface area contributed by atoms with Gasteiger partial charge < -0.3 is 48.7 Å². The van der Waals surface area contributed by atoms with Gasteiger partial charge in [-0.05, 0) is 24.1 Å². The predicted octanol–water partition coefficient (Wildman–Crippen LogP) is -0.557. The molecule has 31 heavy (non-hydrogen) atoms. The van der Waals surface area contributed by atoms with Crippen molar-refractivity contribution >= 4 is 11.6 Å². The van der Waals surface area contributed by atoms with Gasteiger partial charge in [0.05, 0.1) is 20.1 Å². The lowest BCUT2D eigenvalue weighted by Crippen LogP contribution is -3.00. The number of likely N-dealkylation sites (N-methyl/N-ethyl adjacent to an activating group) is 1. The predicted molar refractivity (Wildman–Crippen MR) is 115 cm³/mol. The van der Waals surface area contributed by atoms with Crippen LogP contribution in [0, 0.1) is 0 Å². The number of nitrogens with zero attached hydrogens (tertiary/aromatic N) is 1. The second-order valence-electron chi connectivity index (χ2n) is 8.94. The van der Waals surface area contributed by atoms with Crippen molar-refractivity contribution in [2.45, 2.75) is 37.4 Å². The van der Waals surface area contributed by atoms with Gasteiger partial charge in [-0.3, -0.25) is 4.79 Å². The Morgan fingerprint density at radius 1 is 1.10 bits per heavy atom. The quantitative estimate of drug-likeness (QED) is 0.341. The minimum Gasteiger partial charge on any atom is -1.00 e. The van der Waals surface area contributed by atoms with Crippen LogP contribution in [0.4, 0.5) is 5.69 Å². The van der Waals surface area contributed by atoms with E-state index < -0.39 is 11.7 Å². The molecule has 1 atom stereocenters. The highest BCUT2D eigenvalue weighted by atomic mass is 127. The maximum Gasteiger partial charge on any atom is 0.224 e. The summed E-state index contributed by atoms with van der Waals surface area (Å²) in [5.41, 5.74) is 1.98. The SMILES string of the molecule is C[N+]1(CC(O)COc2cccc3c2CCC(=O)N3)CCC(O)(c2ccccc2)CC1.[I-]. The lowest BCUT2D eigenvalue weighted by atomic mass is 9.83. The molecule has 7 heteroatoms. The van der Waals surface area contributed by atoms with Gasteiger partial charge in [0.1, 0.15) is 30.6 Å². The van der Waals surface area contributed by atoms with Crippen molar-refractivity contribution in [1.82, 2.24) is 0 Å². The molecule has 1 fully saturated rings. The summed E-state index contributed by atoms with van der Waals surface area (Å²) in [5.74, 6) is 0.754. The number of fused-ring (bicyclic) bond motifs is 1. The number of aliphatic hydroxyl groups is 2. The normalized spacial score (nSPS) is 26.2. The number of anilines is 1. The van der Waals surface area contributed by atoms with Crippen LogP contribution in [-0.2, 0) is 16.8 Å². The zero-order chi connectivity index (χ0) is 21.2. The molecular weight excluding hydrogens is 507 g/mol. The number of nitrogens with one attached hydrogen (secondary N) is 1. The van der Waals surface area contributed by atoms with Gasteiger partial charge >= 0.3 is 0 Å². The smallest absolute Gasteiger partial charge is 0.224 e. The molecule has 6 nitrogen and oxygen atoms in total. The minimum absolute atomic E-state index is 0. The molecule has 2 aliphatic heterocycles. The number of carbonyl (C=O) groups excluding carboxylic acids is 1. The highest BCUT2D eigenvalue weighted by Crippen LogP contribution is 2.35. The topological polar surface area (TPSA) is 78.8 Å². The summed E-state index contributed by atoms with van der Waals surface area (Å²) in [6.45, 7) is 2.39. The van der Waals surface area contributed by atoms with Crippen molar-refractivity contribution in [3.63, 3.8) is 0 Å². The summed E-state index contributed by atoms with van der Waals surface area (Å²) in [6.07, 6.45) is 1.85. The molecule has 2 aliphatic rings. The second kappa shape index (κ2) is 9.85. The molecule has 3 N–H and O–H groups in total. The third-order valence-electron chi connectivity index (χ3n) is 6.53. The summed E-state index contributed by atoms with van der Waals surface area (Å²) < 4.78 is 6.65. The van der Waals surface area contributed by atoms with Crippen molar-refractivity contribution in [1.29, 1.82) is 0 Å². The number of hydrogen-bond acceptors (Lipinski definition) is 4. The number of carbonyl (C=O) groups is 1. The Hall–Kier alpha value is -1.68. The molecule has 2 aromatic rings. The first-order chi connectivity index (χ1) is 14.4. The lowest BCUT2D eigenvalue weighted by Gasteiger charge is -2.45. The van der Waals surface area contributed by atoms with E-state index >= 15 is 0 Å². The van der Waals surface area contributed by atoms with E-state index in [-0.39, 0.29) is 36.5 Å². The maximum absolute atomic E-state index is 11.6. The van der Waals surface area contributed by atoms with Crippen LogP contribution in [0.5, 0.6) is 5.75 Å². The van der Waals surface area contributed by atoms with E-state index in [4.69, 9.17) is 4.74 Å². The molecule has 1 unspecified atom stereocenters. The van der Waals surface area contributed by atoms with Crippen molar-refractivity contribution in [3.8, 4) is 5.75 Å². The van der Waals surface area contributed by atoms with E-state index in [9.17, 15) is 15.0 Å². The van der Waals surface area contributed by atoms with Crippen LogP contribution in [0.2, 0.25) is 0 Å². The minimum atomic E-state index is -0.784. The Kier molecular flexibility index (Phi) is 7.62. The van der Waals surface area contributed by atoms with Gasteiger partial charge in [0.25, 0.3) is 0 Å². The largest absolute Gasteiger partial charge is 1.00 e. The molecular formula is C24H31IN2O4. The molecule has 4 rings (SSSR count). The molecule has 2 heterocycles. The fraction of sp³-hybridized carbons (Fsp3) is 0.458. The van der Waals surface area contributed by atoms with Crippen LogP contribution in [0.3, 0.4) is 0 Å². The molecule has 0 bridgehead atoms. The fourth-order valence-corrected chi connectivity index (χ4v) is 4.64. The number of ether oxygens (including phenoxy) is 1. The number of halogens is 1. The number of quaternary nitrogens is 1. The van der Waals surface area contributed by atoms with Crippen LogP contribution in [0.1, 0.15) is 30.4 Å². The summed E-state index contributed by atoms with van der Waals surface area (Å²) >= 11 is 0. The van der Waals surface area contributed by atoms with Crippen molar-refractivity contribution in [3.05, 3.63) is 59.7 Å². The van der Waals surface area contributed by atoms with Crippen LogP contribution in [0.15, 0.2) is 48.5 Å². The summed E-state index contributed by atoms with van der Waals surface area (Å²) in [7, 11) is 2.13. The molecule has 1 amide bonds. The highest BCUT2D eigenvalue weighted by Gasteiger charge is 2.41. The van der Waals surface area contributed by atoms with Crippen LogP contribution < -0.4 is 34.0 Å². The Bertz CT molecular complexity index is 898. The average Bonchev–Trinajstić information content (AvgIpc) is 2.75. The second-order valence-corrected chi connectivity index (χ2v) is 8.94. The van der Waals surface area contributed by atoms with Gasteiger partial charge in [0.15, 0.2) is 0 Å². The maximum atomic E-state index is 11.6. The molecule has 0 aliphatic carbocycles. The number of piperidine rings is 1. The number of likely N-dealkylation sites (tertiary alicyclic amines) is 1. The molecule has 0 saturated carbocycles. The van der Waals surface area contributed by atoms with Crippen molar-refractivity contribution in [2.75, 3.05) is 38.6 Å². The van der Waals surface area contributed by atoms with E-state index in [1.807, 2.05) is 48.5 Å². The van der Waals surface area contributed by atoms with Crippen molar-refractivity contribution in [2.24, 2.45) is 0 Å². The summed E-state index contributed by atoms with van der Waals surface area (Å²) in [6, 6.07) is 15.5. The first-order valence-corrected chi connectivity index (χ1v) is 10.7. The van der Waals surface area contributed by atoms with E-state index in [1.165, 1.54) is 0 Å².